The van der Waals surface area contributed by atoms with Gasteiger partial charge in [0.2, 0.25) is 0 Å². The molecular formula is C20H34N4O2S. The van der Waals surface area contributed by atoms with Gasteiger partial charge in [-0.3, -0.25) is 4.99 Å². The molecule has 152 valence electrons. The summed E-state index contributed by atoms with van der Waals surface area (Å²) < 4.78 is 23.7. The van der Waals surface area contributed by atoms with Crippen LogP contribution in [0.25, 0.3) is 0 Å². The van der Waals surface area contributed by atoms with Gasteiger partial charge >= 0.3 is 0 Å². The van der Waals surface area contributed by atoms with E-state index in [4.69, 9.17) is 0 Å². The molecule has 0 spiro atoms. The Bertz CT molecular complexity index is 747. The zero-order valence-electron chi connectivity index (χ0n) is 17.2. The molecular weight excluding hydrogens is 360 g/mol. The first-order valence-electron chi connectivity index (χ1n) is 9.68. The predicted molar refractivity (Wildman–Crippen MR) is 114 cm³/mol. The van der Waals surface area contributed by atoms with Gasteiger partial charge in [0.25, 0.3) is 0 Å². The summed E-state index contributed by atoms with van der Waals surface area (Å²) in [5, 5.41) is 6.47. The molecule has 1 saturated heterocycles. The molecule has 1 fully saturated rings. The monoisotopic (exact) mass is 394 g/mol. The van der Waals surface area contributed by atoms with Gasteiger partial charge in [-0.25, -0.2) is 8.42 Å². The number of nitrogens with zero attached hydrogens (tertiary/aromatic N) is 2. The van der Waals surface area contributed by atoms with Crippen molar-refractivity contribution in [3.8, 4) is 0 Å². The average molecular weight is 395 g/mol. The average Bonchev–Trinajstić information content (AvgIpc) is 3.14. The minimum atomic E-state index is -3.15. The second-order valence-corrected chi connectivity index (χ2v) is 10.9. The number of guanidine groups is 1. The molecule has 27 heavy (non-hydrogen) atoms. The molecule has 0 amide bonds. The van der Waals surface area contributed by atoms with Crippen molar-refractivity contribution in [3.05, 3.63) is 29.8 Å². The summed E-state index contributed by atoms with van der Waals surface area (Å²) in [4.78, 5) is 6.64. The molecule has 1 aromatic carbocycles. The van der Waals surface area contributed by atoms with Gasteiger partial charge in [-0.15, -0.1) is 0 Å². The molecule has 0 radical (unpaired) electrons. The Morgan fingerprint density at radius 3 is 2.52 bits per heavy atom. The minimum Gasteiger partial charge on any atom is -0.372 e. The summed E-state index contributed by atoms with van der Waals surface area (Å²) in [6.07, 6.45) is 2.51. The summed E-state index contributed by atoms with van der Waals surface area (Å²) in [5.74, 6) is 0.689. The highest BCUT2D eigenvalue weighted by atomic mass is 32.2. The molecule has 2 N–H and O–H groups in total. The second-order valence-electron chi connectivity index (χ2n) is 8.09. The SMILES string of the molecule is CN=C(NCCS(=O)(=O)C(C)(C)C)NC(C)c1cccc(N2CCCC2)c1. The fourth-order valence-corrected chi connectivity index (χ4v) is 4.04. The Labute approximate surface area is 164 Å². The quantitative estimate of drug-likeness (QED) is 0.573. The Morgan fingerprint density at radius 1 is 1.26 bits per heavy atom. The molecule has 1 aliphatic rings. The number of nitrogens with one attached hydrogen (secondary N) is 2. The lowest BCUT2D eigenvalue weighted by atomic mass is 10.1. The number of rotatable bonds is 6. The Hall–Kier alpha value is -1.76. The fourth-order valence-electron chi connectivity index (χ4n) is 3.06. The van der Waals surface area contributed by atoms with Gasteiger partial charge in [0.1, 0.15) is 0 Å². The molecule has 0 aromatic heterocycles. The van der Waals surface area contributed by atoms with Crippen molar-refractivity contribution < 1.29 is 8.42 Å². The van der Waals surface area contributed by atoms with E-state index >= 15 is 0 Å². The van der Waals surface area contributed by atoms with Gasteiger partial charge in [-0.05, 0) is 58.2 Å². The zero-order chi connectivity index (χ0) is 20.1. The Kier molecular flexibility index (Phi) is 7.14. The van der Waals surface area contributed by atoms with Crippen LogP contribution in [0.2, 0.25) is 0 Å². The summed E-state index contributed by atoms with van der Waals surface area (Å²) in [5.41, 5.74) is 2.45. The minimum absolute atomic E-state index is 0.0676. The molecule has 1 atom stereocenters. The summed E-state index contributed by atoms with van der Waals surface area (Å²) >= 11 is 0. The van der Waals surface area contributed by atoms with E-state index in [0.29, 0.717) is 12.5 Å². The highest BCUT2D eigenvalue weighted by molar-refractivity contribution is 7.92. The maximum absolute atomic E-state index is 12.2. The van der Waals surface area contributed by atoms with E-state index in [1.54, 1.807) is 27.8 Å². The van der Waals surface area contributed by atoms with Crippen LogP contribution in [-0.4, -0.2) is 51.6 Å². The number of benzene rings is 1. The highest BCUT2D eigenvalue weighted by Crippen LogP contribution is 2.24. The molecule has 1 unspecified atom stereocenters. The van der Waals surface area contributed by atoms with Crippen LogP contribution in [0.3, 0.4) is 0 Å². The van der Waals surface area contributed by atoms with Crippen molar-refractivity contribution in [3.63, 3.8) is 0 Å². The molecule has 0 bridgehead atoms. The molecule has 2 rings (SSSR count). The third-order valence-corrected chi connectivity index (χ3v) is 7.62. The number of anilines is 1. The first kappa shape index (κ1) is 21.5. The van der Waals surface area contributed by atoms with E-state index in [0.717, 1.165) is 13.1 Å². The van der Waals surface area contributed by atoms with Crippen molar-refractivity contribution in [2.75, 3.05) is 37.3 Å². The van der Waals surface area contributed by atoms with Crippen LogP contribution in [0.5, 0.6) is 0 Å². The van der Waals surface area contributed by atoms with E-state index < -0.39 is 14.6 Å². The normalized spacial score (nSPS) is 17.1. The highest BCUT2D eigenvalue weighted by Gasteiger charge is 2.28. The number of hydrogen-bond acceptors (Lipinski definition) is 4. The first-order chi connectivity index (χ1) is 12.6. The molecule has 1 aliphatic heterocycles. The van der Waals surface area contributed by atoms with Crippen LogP contribution >= 0.6 is 0 Å². The zero-order valence-corrected chi connectivity index (χ0v) is 18.1. The standard InChI is InChI=1S/C20H34N4O2S/c1-16(17-9-8-10-18(15-17)24-12-6-7-13-24)23-19(21-5)22-11-14-27(25,26)20(2,3)4/h8-10,15-16H,6-7,11-14H2,1-5H3,(H2,21,22,23). The van der Waals surface area contributed by atoms with Gasteiger partial charge in [-0.1, -0.05) is 12.1 Å². The maximum Gasteiger partial charge on any atom is 0.191 e. The lowest BCUT2D eigenvalue weighted by molar-refractivity contribution is 0.558. The maximum atomic E-state index is 12.2. The van der Waals surface area contributed by atoms with Gasteiger partial charge in [0, 0.05) is 32.4 Å². The van der Waals surface area contributed by atoms with E-state index in [2.05, 4.69) is 51.7 Å². The van der Waals surface area contributed by atoms with Gasteiger partial charge in [0.15, 0.2) is 15.8 Å². The van der Waals surface area contributed by atoms with Crippen LogP contribution in [0.4, 0.5) is 5.69 Å². The van der Waals surface area contributed by atoms with E-state index in [1.165, 1.54) is 24.1 Å². The smallest absolute Gasteiger partial charge is 0.191 e. The number of hydrogen-bond donors (Lipinski definition) is 2. The summed E-state index contributed by atoms with van der Waals surface area (Å²) in [7, 11) is -1.45. The summed E-state index contributed by atoms with van der Waals surface area (Å²) in [6, 6.07) is 8.65. The van der Waals surface area contributed by atoms with Crippen LogP contribution in [0.1, 0.15) is 52.1 Å². The molecule has 1 aromatic rings. The van der Waals surface area contributed by atoms with E-state index in [-0.39, 0.29) is 11.8 Å². The van der Waals surface area contributed by atoms with E-state index in [1.807, 2.05) is 0 Å². The molecule has 7 heteroatoms. The lowest BCUT2D eigenvalue weighted by Gasteiger charge is -2.23. The van der Waals surface area contributed by atoms with Crippen molar-refractivity contribution in [1.29, 1.82) is 0 Å². The van der Waals surface area contributed by atoms with Crippen LogP contribution in [0, 0.1) is 0 Å². The van der Waals surface area contributed by atoms with Gasteiger partial charge < -0.3 is 15.5 Å². The first-order valence-corrected chi connectivity index (χ1v) is 11.3. The number of aliphatic imine (C=N–C) groups is 1. The Morgan fingerprint density at radius 2 is 1.93 bits per heavy atom. The van der Waals surface area contributed by atoms with Gasteiger partial charge in [0.05, 0.1) is 16.5 Å². The summed E-state index contributed by atoms with van der Waals surface area (Å²) in [6.45, 7) is 9.84. The van der Waals surface area contributed by atoms with Crippen LogP contribution in [-0.2, 0) is 9.84 Å². The fraction of sp³-hybridized carbons (Fsp3) is 0.650. The van der Waals surface area contributed by atoms with Crippen molar-refractivity contribution in [2.24, 2.45) is 4.99 Å². The second kappa shape index (κ2) is 8.95. The van der Waals surface area contributed by atoms with Crippen molar-refractivity contribution in [2.45, 2.75) is 51.3 Å². The third-order valence-electron chi connectivity index (χ3n) is 5.01. The molecule has 6 nitrogen and oxygen atoms in total. The predicted octanol–water partition coefficient (Wildman–Crippen LogP) is 2.73. The lowest BCUT2D eigenvalue weighted by Crippen LogP contribution is -2.42. The van der Waals surface area contributed by atoms with Gasteiger partial charge in [-0.2, -0.15) is 0 Å². The van der Waals surface area contributed by atoms with Crippen molar-refractivity contribution in [1.82, 2.24) is 10.6 Å². The van der Waals surface area contributed by atoms with Crippen LogP contribution in [0.15, 0.2) is 29.3 Å². The van der Waals surface area contributed by atoms with Crippen molar-refractivity contribution >= 4 is 21.5 Å². The molecule has 0 aliphatic carbocycles. The largest absolute Gasteiger partial charge is 0.372 e. The number of sulfone groups is 1. The third kappa shape index (κ3) is 5.86. The van der Waals surface area contributed by atoms with E-state index in [9.17, 15) is 8.42 Å². The Balaban J connectivity index is 1.93. The molecule has 1 heterocycles. The topological polar surface area (TPSA) is 73.8 Å². The molecule has 0 saturated carbocycles. The van der Waals surface area contributed by atoms with Crippen LogP contribution < -0.4 is 15.5 Å².